The van der Waals surface area contributed by atoms with Crippen LogP contribution in [0.3, 0.4) is 0 Å². The lowest BCUT2D eigenvalue weighted by atomic mass is 9.96. The third kappa shape index (κ3) is 3.45. The summed E-state index contributed by atoms with van der Waals surface area (Å²) < 4.78 is 28.3. The zero-order valence-corrected chi connectivity index (χ0v) is 18.5. The first kappa shape index (κ1) is 20.9. The fourth-order valence-corrected chi connectivity index (χ4v) is 4.04. The van der Waals surface area contributed by atoms with E-state index >= 15 is 4.39 Å². The van der Waals surface area contributed by atoms with Crippen molar-refractivity contribution < 1.29 is 18.7 Å². The molecule has 2 aromatic carbocycles. The van der Waals surface area contributed by atoms with E-state index in [2.05, 4.69) is 15.2 Å². The van der Waals surface area contributed by atoms with E-state index < -0.39 is 5.82 Å². The van der Waals surface area contributed by atoms with Crippen molar-refractivity contribution in [3.8, 4) is 33.8 Å². The molecule has 9 heteroatoms. The van der Waals surface area contributed by atoms with Crippen molar-refractivity contribution in [1.29, 1.82) is 0 Å². The van der Waals surface area contributed by atoms with Crippen LogP contribution >= 0.6 is 0 Å². The summed E-state index contributed by atoms with van der Waals surface area (Å²) in [5, 5.41) is 8.32. The lowest BCUT2D eigenvalue weighted by molar-refractivity contribution is 0.0796. The first-order chi connectivity index (χ1) is 16.0. The Labute approximate surface area is 189 Å². The molecule has 2 aromatic heterocycles. The van der Waals surface area contributed by atoms with Gasteiger partial charge in [-0.2, -0.15) is 5.10 Å². The van der Waals surface area contributed by atoms with Crippen LogP contribution in [0.4, 0.5) is 4.39 Å². The maximum Gasteiger partial charge on any atom is 0.257 e. The molecule has 1 aliphatic rings. The van der Waals surface area contributed by atoms with Crippen molar-refractivity contribution in [2.75, 3.05) is 27.3 Å². The summed E-state index contributed by atoms with van der Waals surface area (Å²) in [4.78, 5) is 18.8. The highest BCUT2D eigenvalue weighted by Gasteiger charge is 2.25. The third-order valence-electron chi connectivity index (χ3n) is 5.88. The minimum absolute atomic E-state index is 0.168. The number of fused-ring (bicyclic) bond motifs is 2. The van der Waals surface area contributed by atoms with Crippen molar-refractivity contribution in [1.82, 2.24) is 24.6 Å². The summed E-state index contributed by atoms with van der Waals surface area (Å²) in [6.45, 7) is 3.53. The van der Waals surface area contributed by atoms with E-state index in [1.807, 2.05) is 11.5 Å². The number of ether oxygens (including phenoxy) is 2. The average Bonchev–Trinajstić information content (AvgIpc) is 3.21. The number of benzene rings is 2. The van der Waals surface area contributed by atoms with Crippen LogP contribution in [0.2, 0.25) is 0 Å². The van der Waals surface area contributed by atoms with Crippen molar-refractivity contribution in [3.05, 3.63) is 54.2 Å². The van der Waals surface area contributed by atoms with Crippen LogP contribution in [0.5, 0.6) is 11.5 Å². The number of hydrogen-bond acceptors (Lipinski definition) is 6. The summed E-state index contributed by atoms with van der Waals surface area (Å²) in [7, 11) is 3.21. The summed E-state index contributed by atoms with van der Waals surface area (Å²) >= 11 is 0. The Hall–Kier alpha value is -4.01. The lowest BCUT2D eigenvalue weighted by Gasteiger charge is -2.16. The van der Waals surface area contributed by atoms with Gasteiger partial charge in [0, 0.05) is 30.3 Å². The molecular weight excluding hydrogens is 425 g/mol. The predicted octanol–water partition coefficient (Wildman–Crippen LogP) is 3.79. The predicted molar refractivity (Wildman–Crippen MR) is 121 cm³/mol. The molecule has 0 unspecified atom stereocenters. The van der Waals surface area contributed by atoms with Crippen molar-refractivity contribution in [3.63, 3.8) is 0 Å². The first-order valence-corrected chi connectivity index (χ1v) is 10.6. The van der Waals surface area contributed by atoms with Crippen molar-refractivity contribution in [2.24, 2.45) is 0 Å². The molecule has 0 N–H and O–H groups in total. The Kier molecular flexibility index (Phi) is 5.16. The number of methoxy groups -OCH3 is 1. The third-order valence-corrected chi connectivity index (χ3v) is 5.88. The van der Waals surface area contributed by atoms with Crippen LogP contribution in [0.15, 0.2) is 42.9 Å². The fourth-order valence-electron chi connectivity index (χ4n) is 4.04. The van der Waals surface area contributed by atoms with E-state index in [9.17, 15) is 4.79 Å². The molecule has 0 spiro atoms. The number of amides is 1. The second kappa shape index (κ2) is 8.16. The van der Waals surface area contributed by atoms with E-state index in [1.54, 1.807) is 48.7 Å². The first-order valence-electron chi connectivity index (χ1n) is 10.6. The second-order valence-corrected chi connectivity index (χ2v) is 7.78. The molecule has 1 amide bonds. The Morgan fingerprint density at radius 3 is 2.79 bits per heavy atom. The average molecular weight is 447 g/mol. The number of aryl methyl sites for hydroxylation is 1. The second-order valence-electron chi connectivity index (χ2n) is 7.78. The normalized spacial score (nSPS) is 13.6. The Morgan fingerprint density at radius 2 is 2.00 bits per heavy atom. The smallest absolute Gasteiger partial charge is 0.257 e. The van der Waals surface area contributed by atoms with Crippen LogP contribution in [-0.4, -0.2) is 57.9 Å². The van der Waals surface area contributed by atoms with Gasteiger partial charge in [0.2, 0.25) is 0 Å². The van der Waals surface area contributed by atoms with Gasteiger partial charge < -0.3 is 18.9 Å². The molecule has 0 saturated heterocycles. The maximum absolute atomic E-state index is 15.1. The molecule has 0 saturated carbocycles. The van der Waals surface area contributed by atoms with Crippen molar-refractivity contribution in [2.45, 2.75) is 13.5 Å². The highest BCUT2D eigenvalue weighted by atomic mass is 19.1. The van der Waals surface area contributed by atoms with Gasteiger partial charge in [-0.05, 0) is 36.8 Å². The highest BCUT2D eigenvalue weighted by Crippen LogP contribution is 2.40. The number of halogens is 1. The van der Waals surface area contributed by atoms with E-state index in [0.29, 0.717) is 59.0 Å². The largest absolute Gasteiger partial charge is 0.496 e. The van der Waals surface area contributed by atoms with Gasteiger partial charge in [-0.25, -0.2) is 9.37 Å². The Balaban J connectivity index is 1.68. The van der Waals surface area contributed by atoms with Gasteiger partial charge in [-0.3, -0.25) is 4.79 Å². The van der Waals surface area contributed by atoms with Crippen LogP contribution in [0, 0.1) is 5.82 Å². The van der Waals surface area contributed by atoms with Crippen molar-refractivity contribution >= 4 is 17.1 Å². The number of nitrogens with zero attached hydrogens (tertiary/aromatic N) is 5. The minimum Gasteiger partial charge on any atom is -0.496 e. The monoisotopic (exact) mass is 447 g/mol. The molecule has 0 fully saturated rings. The Morgan fingerprint density at radius 1 is 1.15 bits per heavy atom. The summed E-state index contributed by atoms with van der Waals surface area (Å²) in [5.41, 5.74) is 4.04. The molecule has 0 radical (unpaired) electrons. The number of carbonyl (C=O) groups excluding carboxylic acids is 1. The summed E-state index contributed by atoms with van der Waals surface area (Å²) in [6, 6.07) is 8.09. The zero-order valence-electron chi connectivity index (χ0n) is 18.5. The quantitative estimate of drug-likeness (QED) is 0.473. The molecule has 0 bridgehead atoms. The van der Waals surface area contributed by atoms with Gasteiger partial charge in [0.05, 0.1) is 31.7 Å². The number of hydrogen-bond donors (Lipinski definition) is 0. The number of rotatable bonds is 4. The maximum atomic E-state index is 15.1. The molecule has 4 aromatic rings. The van der Waals surface area contributed by atoms with Crippen LogP contribution < -0.4 is 9.47 Å². The molecule has 33 heavy (non-hydrogen) atoms. The number of aromatic nitrogens is 4. The zero-order chi connectivity index (χ0) is 23.1. The van der Waals surface area contributed by atoms with Gasteiger partial charge in [0.15, 0.2) is 5.65 Å². The number of likely N-dealkylation sites (N-methyl/N-ethyl adjacent to an activating group) is 1. The van der Waals surface area contributed by atoms with Crippen LogP contribution in [0.25, 0.3) is 33.4 Å². The molecule has 1 aliphatic heterocycles. The SMILES string of the molecule is CCn1cnc2c(-c3ccc(F)c(-c4cc5c(cc4OC)C(=O)N(C)CCO5)c3)cnnc21. The summed E-state index contributed by atoms with van der Waals surface area (Å²) in [6.07, 6.45) is 3.34. The van der Waals surface area contributed by atoms with Gasteiger partial charge >= 0.3 is 0 Å². The lowest BCUT2D eigenvalue weighted by Crippen LogP contribution is -2.27. The van der Waals surface area contributed by atoms with Gasteiger partial charge in [-0.15, -0.1) is 5.10 Å². The highest BCUT2D eigenvalue weighted by molar-refractivity contribution is 5.99. The van der Waals surface area contributed by atoms with E-state index in [-0.39, 0.29) is 5.91 Å². The van der Waals surface area contributed by atoms with Gasteiger partial charge in [0.1, 0.15) is 29.4 Å². The molecule has 0 atom stereocenters. The van der Waals surface area contributed by atoms with E-state index in [1.165, 1.54) is 13.2 Å². The molecule has 168 valence electrons. The minimum atomic E-state index is -0.425. The fraction of sp³-hybridized carbons (Fsp3) is 0.250. The molecule has 8 nitrogen and oxygen atoms in total. The van der Waals surface area contributed by atoms with E-state index in [4.69, 9.17) is 9.47 Å². The summed E-state index contributed by atoms with van der Waals surface area (Å²) in [5.74, 6) is 0.190. The van der Waals surface area contributed by atoms with Crippen LogP contribution in [-0.2, 0) is 6.54 Å². The van der Waals surface area contributed by atoms with E-state index in [0.717, 1.165) is 11.1 Å². The molecule has 3 heterocycles. The number of carbonyl (C=O) groups is 1. The van der Waals surface area contributed by atoms with Gasteiger partial charge in [-0.1, -0.05) is 6.07 Å². The molecule has 0 aliphatic carbocycles. The number of imidazole rings is 1. The van der Waals surface area contributed by atoms with Gasteiger partial charge in [0.25, 0.3) is 5.91 Å². The standard InChI is InChI=1S/C24H22FN5O3/c1-4-30-13-26-22-18(12-27-28-23(22)30)14-5-6-19(25)15(9-14)16-10-21-17(11-20(16)32-3)24(31)29(2)7-8-33-21/h5-6,9-13H,4,7-8H2,1-3H3. The van der Waals surface area contributed by atoms with Crippen LogP contribution in [0.1, 0.15) is 17.3 Å². The molecule has 5 rings (SSSR count). The molecular formula is C24H22FN5O3. The topological polar surface area (TPSA) is 82.4 Å². The Bertz CT molecular complexity index is 1380.